The fourth-order valence-corrected chi connectivity index (χ4v) is 3.56. The van der Waals surface area contributed by atoms with Crippen LogP contribution in [0.3, 0.4) is 0 Å². The molecule has 8 nitrogen and oxygen atoms in total. The van der Waals surface area contributed by atoms with E-state index in [0.29, 0.717) is 39.0 Å². The van der Waals surface area contributed by atoms with Gasteiger partial charge in [0.05, 0.1) is 16.8 Å². The first kappa shape index (κ1) is 17.9. The average Bonchev–Trinajstić information content (AvgIpc) is 2.67. The lowest BCUT2D eigenvalue weighted by atomic mass is 9.82. The molecule has 0 radical (unpaired) electrons. The number of benzene rings is 1. The molecule has 8 heteroatoms. The summed E-state index contributed by atoms with van der Waals surface area (Å²) in [6.45, 7) is 2.26. The maximum Gasteiger partial charge on any atom is 0.307 e. The van der Waals surface area contributed by atoms with Crippen LogP contribution >= 0.6 is 0 Å². The van der Waals surface area contributed by atoms with E-state index in [-0.39, 0.29) is 11.6 Å². The number of carbonyl (C=O) groups excluding carboxylic acids is 1. The van der Waals surface area contributed by atoms with Crippen LogP contribution in [0.2, 0.25) is 0 Å². The van der Waals surface area contributed by atoms with Gasteiger partial charge in [-0.25, -0.2) is 0 Å². The van der Waals surface area contributed by atoms with Crippen LogP contribution in [0.15, 0.2) is 36.4 Å². The van der Waals surface area contributed by atoms with E-state index < -0.39 is 22.7 Å². The number of carboxylic acids is 1. The van der Waals surface area contributed by atoms with Crippen molar-refractivity contribution in [2.75, 3.05) is 31.1 Å². The second-order valence-electron chi connectivity index (χ2n) is 6.58. The van der Waals surface area contributed by atoms with Gasteiger partial charge in [-0.05, 0) is 25.0 Å². The molecule has 2 unspecified atom stereocenters. The number of nitrogens with zero attached hydrogens (tertiary/aromatic N) is 3. The molecular formula is C18H21N3O5. The number of non-ortho nitro benzene ring substituents is 1. The molecule has 1 amide bonds. The van der Waals surface area contributed by atoms with E-state index in [4.69, 9.17) is 0 Å². The molecule has 0 spiro atoms. The van der Waals surface area contributed by atoms with Crippen LogP contribution in [0.4, 0.5) is 11.4 Å². The minimum atomic E-state index is -0.919. The molecule has 1 aromatic rings. The zero-order valence-electron chi connectivity index (χ0n) is 14.3. The summed E-state index contributed by atoms with van der Waals surface area (Å²) in [5.74, 6) is -2.16. The molecule has 26 heavy (non-hydrogen) atoms. The van der Waals surface area contributed by atoms with Crippen LogP contribution < -0.4 is 4.90 Å². The summed E-state index contributed by atoms with van der Waals surface area (Å²) >= 11 is 0. The summed E-state index contributed by atoms with van der Waals surface area (Å²) in [7, 11) is 0. The van der Waals surface area contributed by atoms with Gasteiger partial charge >= 0.3 is 5.97 Å². The van der Waals surface area contributed by atoms with Crippen molar-refractivity contribution in [1.29, 1.82) is 0 Å². The monoisotopic (exact) mass is 359 g/mol. The lowest BCUT2D eigenvalue weighted by Gasteiger charge is -2.38. The normalized spacial score (nSPS) is 22.9. The Morgan fingerprint density at radius 2 is 1.58 bits per heavy atom. The third kappa shape index (κ3) is 3.68. The number of hydrogen-bond donors (Lipinski definition) is 1. The number of rotatable bonds is 4. The molecule has 1 heterocycles. The fourth-order valence-electron chi connectivity index (χ4n) is 3.56. The Balaban J connectivity index is 1.61. The van der Waals surface area contributed by atoms with Crippen molar-refractivity contribution in [3.8, 4) is 0 Å². The Hall–Kier alpha value is -2.90. The second-order valence-corrected chi connectivity index (χ2v) is 6.58. The lowest BCUT2D eigenvalue weighted by Crippen LogP contribution is -2.52. The van der Waals surface area contributed by atoms with Crippen molar-refractivity contribution < 1.29 is 19.6 Å². The van der Waals surface area contributed by atoms with E-state index in [9.17, 15) is 24.8 Å². The number of nitro benzene ring substituents is 1. The van der Waals surface area contributed by atoms with Crippen LogP contribution in [-0.4, -0.2) is 53.0 Å². The number of piperazine rings is 1. The van der Waals surface area contributed by atoms with Gasteiger partial charge in [0.15, 0.2) is 0 Å². The lowest BCUT2D eigenvalue weighted by molar-refractivity contribution is -0.384. The number of carbonyl (C=O) groups is 2. The zero-order chi connectivity index (χ0) is 18.7. The number of allylic oxidation sites excluding steroid dienone is 2. The van der Waals surface area contributed by atoms with Crippen LogP contribution in [0, 0.1) is 22.0 Å². The van der Waals surface area contributed by atoms with Gasteiger partial charge in [-0.3, -0.25) is 19.7 Å². The number of anilines is 1. The smallest absolute Gasteiger partial charge is 0.307 e. The molecule has 0 bridgehead atoms. The molecule has 2 aliphatic rings. The molecule has 138 valence electrons. The standard InChI is InChI=1S/C18H21N3O5/c22-17(15-3-1-2-4-16(15)18(23)24)20-11-9-19(10-12-20)13-5-7-14(8-6-13)21(25)26/h1-2,5-8,15-16H,3-4,9-12H2,(H,23,24). The van der Waals surface area contributed by atoms with E-state index in [1.807, 2.05) is 12.2 Å². The van der Waals surface area contributed by atoms with Crippen molar-refractivity contribution in [2.45, 2.75) is 12.8 Å². The molecule has 0 saturated carbocycles. The minimum absolute atomic E-state index is 0.0487. The molecule has 1 aromatic carbocycles. The second kappa shape index (κ2) is 7.55. The van der Waals surface area contributed by atoms with Crippen molar-refractivity contribution in [3.63, 3.8) is 0 Å². The van der Waals surface area contributed by atoms with Crippen LogP contribution in [0.5, 0.6) is 0 Å². The maximum absolute atomic E-state index is 12.8. The first-order valence-corrected chi connectivity index (χ1v) is 8.63. The first-order chi connectivity index (χ1) is 12.5. The summed E-state index contributed by atoms with van der Waals surface area (Å²) < 4.78 is 0. The fraction of sp³-hybridized carbons (Fsp3) is 0.444. The number of carboxylic acid groups (broad SMARTS) is 1. The van der Waals surface area contributed by atoms with Gasteiger partial charge in [0.2, 0.25) is 5.91 Å². The predicted molar refractivity (Wildman–Crippen MR) is 94.9 cm³/mol. The van der Waals surface area contributed by atoms with Gasteiger partial charge in [-0.1, -0.05) is 12.2 Å². The average molecular weight is 359 g/mol. The van der Waals surface area contributed by atoms with Crippen LogP contribution in [-0.2, 0) is 9.59 Å². The Labute approximate surface area is 150 Å². The summed E-state index contributed by atoms with van der Waals surface area (Å²) in [5.41, 5.74) is 0.930. The Bertz CT molecular complexity index is 723. The number of nitro groups is 1. The van der Waals surface area contributed by atoms with E-state index in [2.05, 4.69) is 4.90 Å². The third-order valence-corrected chi connectivity index (χ3v) is 5.08. The van der Waals surface area contributed by atoms with Crippen LogP contribution in [0.1, 0.15) is 12.8 Å². The zero-order valence-corrected chi connectivity index (χ0v) is 14.3. The SMILES string of the molecule is O=C(O)C1CC=CCC1C(=O)N1CCN(c2ccc([N+](=O)[O-])cc2)CC1. The van der Waals surface area contributed by atoms with Gasteiger partial charge in [0, 0.05) is 44.0 Å². The van der Waals surface area contributed by atoms with E-state index >= 15 is 0 Å². The largest absolute Gasteiger partial charge is 0.481 e. The number of aliphatic carboxylic acids is 1. The number of hydrogen-bond acceptors (Lipinski definition) is 5. The van der Waals surface area contributed by atoms with E-state index in [1.54, 1.807) is 17.0 Å². The van der Waals surface area contributed by atoms with Gasteiger partial charge < -0.3 is 14.9 Å². The Morgan fingerprint density at radius 1 is 1.00 bits per heavy atom. The highest BCUT2D eigenvalue weighted by molar-refractivity contribution is 5.85. The highest BCUT2D eigenvalue weighted by Gasteiger charge is 2.37. The molecule has 1 fully saturated rings. The summed E-state index contributed by atoms with van der Waals surface area (Å²) in [5, 5.41) is 20.1. The topological polar surface area (TPSA) is 104 Å². The van der Waals surface area contributed by atoms with Gasteiger partial charge in [-0.15, -0.1) is 0 Å². The Kier molecular flexibility index (Phi) is 5.20. The summed E-state index contributed by atoms with van der Waals surface area (Å²) in [6, 6.07) is 6.36. The molecule has 1 N–H and O–H groups in total. The molecule has 2 atom stereocenters. The highest BCUT2D eigenvalue weighted by Crippen LogP contribution is 2.28. The first-order valence-electron chi connectivity index (χ1n) is 8.63. The van der Waals surface area contributed by atoms with Crippen LogP contribution in [0.25, 0.3) is 0 Å². The predicted octanol–water partition coefficient (Wildman–Crippen LogP) is 1.91. The maximum atomic E-state index is 12.8. The summed E-state index contributed by atoms with van der Waals surface area (Å²) in [6.07, 6.45) is 4.58. The molecule has 1 saturated heterocycles. The van der Waals surface area contributed by atoms with Crippen molar-refractivity contribution in [3.05, 3.63) is 46.5 Å². The van der Waals surface area contributed by atoms with Crippen molar-refractivity contribution in [2.24, 2.45) is 11.8 Å². The minimum Gasteiger partial charge on any atom is -0.481 e. The molecular weight excluding hydrogens is 338 g/mol. The molecule has 0 aromatic heterocycles. The quantitative estimate of drug-likeness (QED) is 0.500. The highest BCUT2D eigenvalue weighted by atomic mass is 16.6. The Morgan fingerprint density at radius 3 is 2.12 bits per heavy atom. The van der Waals surface area contributed by atoms with Crippen molar-refractivity contribution >= 4 is 23.3 Å². The molecule has 1 aliphatic heterocycles. The molecule has 3 rings (SSSR count). The van der Waals surface area contributed by atoms with Gasteiger partial charge in [0.25, 0.3) is 5.69 Å². The third-order valence-electron chi connectivity index (χ3n) is 5.08. The van der Waals surface area contributed by atoms with Crippen molar-refractivity contribution in [1.82, 2.24) is 4.90 Å². The number of amides is 1. The van der Waals surface area contributed by atoms with E-state index in [0.717, 1.165) is 5.69 Å². The van der Waals surface area contributed by atoms with Gasteiger partial charge in [-0.2, -0.15) is 0 Å². The summed E-state index contributed by atoms with van der Waals surface area (Å²) in [4.78, 5) is 38.3. The van der Waals surface area contributed by atoms with E-state index in [1.165, 1.54) is 12.1 Å². The molecule has 1 aliphatic carbocycles. The van der Waals surface area contributed by atoms with Gasteiger partial charge in [0.1, 0.15) is 0 Å².